The van der Waals surface area contributed by atoms with E-state index in [4.69, 9.17) is 5.73 Å². The van der Waals surface area contributed by atoms with Crippen molar-refractivity contribution >= 4 is 17.4 Å². The number of hydrogen-bond donors (Lipinski definition) is 3. The van der Waals surface area contributed by atoms with Gasteiger partial charge in [0.1, 0.15) is 5.82 Å². The smallest absolute Gasteiger partial charge is 0.222 e. The Bertz CT molecular complexity index is 896. The van der Waals surface area contributed by atoms with Crippen molar-refractivity contribution in [2.75, 3.05) is 17.2 Å². The number of anilines is 2. The van der Waals surface area contributed by atoms with Crippen molar-refractivity contribution in [3.8, 4) is 11.1 Å². The quantitative estimate of drug-likeness (QED) is 0.600. The van der Waals surface area contributed by atoms with E-state index in [9.17, 15) is 4.79 Å². The molecule has 0 fully saturated rings. The van der Waals surface area contributed by atoms with E-state index in [0.717, 1.165) is 23.2 Å². The monoisotopic (exact) mass is 360 g/mol. The lowest BCUT2D eigenvalue weighted by Gasteiger charge is -2.17. The Morgan fingerprint density at radius 2 is 1.81 bits per heavy atom. The Kier molecular flexibility index (Phi) is 6.18. The average molecular weight is 360 g/mol. The lowest BCUT2D eigenvalue weighted by Crippen LogP contribution is -2.31. The van der Waals surface area contributed by atoms with E-state index in [1.165, 1.54) is 12.5 Å². The van der Waals surface area contributed by atoms with Crippen LogP contribution in [0.25, 0.3) is 11.1 Å². The summed E-state index contributed by atoms with van der Waals surface area (Å²) in [6.45, 7) is 2.13. The van der Waals surface area contributed by atoms with Gasteiger partial charge in [0.05, 0.1) is 0 Å². The summed E-state index contributed by atoms with van der Waals surface area (Å²) >= 11 is 0. The van der Waals surface area contributed by atoms with Crippen molar-refractivity contribution < 1.29 is 4.79 Å². The van der Waals surface area contributed by atoms with Gasteiger partial charge in [-0.2, -0.15) is 0 Å². The molecule has 0 spiro atoms. The number of aromatic nitrogens is 1. The molecule has 0 bridgehead atoms. The lowest BCUT2D eigenvalue weighted by molar-refractivity contribution is -0.114. The standard InChI is InChI=1S/C22H24N4O/c1-16(27)26-22-14-18(11-12-24-22)20-9-5-6-10-21(20)25-15-19(23)13-17-7-3-2-4-8-17/h2-12,14,19,25H,13,15,23H2,1H3,(H,24,26,27)/t19-/m0/s1. The minimum absolute atomic E-state index is 0.00726. The second kappa shape index (κ2) is 8.96. The van der Waals surface area contributed by atoms with E-state index < -0.39 is 0 Å². The van der Waals surface area contributed by atoms with Gasteiger partial charge in [0.25, 0.3) is 0 Å². The van der Waals surface area contributed by atoms with Gasteiger partial charge in [-0.05, 0) is 35.7 Å². The van der Waals surface area contributed by atoms with Crippen LogP contribution in [0.2, 0.25) is 0 Å². The number of rotatable bonds is 7. The van der Waals surface area contributed by atoms with E-state index in [1.807, 2.05) is 54.6 Å². The van der Waals surface area contributed by atoms with Crippen LogP contribution in [-0.2, 0) is 11.2 Å². The predicted octanol–water partition coefficient (Wildman–Crippen LogP) is 3.69. The maximum Gasteiger partial charge on any atom is 0.222 e. The fourth-order valence-electron chi connectivity index (χ4n) is 2.97. The first kappa shape index (κ1) is 18.6. The Morgan fingerprint density at radius 1 is 1.07 bits per heavy atom. The Hall–Kier alpha value is -3.18. The predicted molar refractivity (Wildman–Crippen MR) is 111 cm³/mol. The number of hydrogen-bond acceptors (Lipinski definition) is 4. The van der Waals surface area contributed by atoms with Crippen LogP contribution >= 0.6 is 0 Å². The normalized spacial score (nSPS) is 11.6. The lowest BCUT2D eigenvalue weighted by atomic mass is 10.0. The fraction of sp³-hybridized carbons (Fsp3) is 0.182. The van der Waals surface area contributed by atoms with Gasteiger partial charge in [0.15, 0.2) is 0 Å². The van der Waals surface area contributed by atoms with Gasteiger partial charge < -0.3 is 16.4 Å². The maximum absolute atomic E-state index is 11.3. The van der Waals surface area contributed by atoms with Gasteiger partial charge in [0.2, 0.25) is 5.91 Å². The van der Waals surface area contributed by atoms with E-state index in [1.54, 1.807) is 6.20 Å². The first-order chi connectivity index (χ1) is 13.1. The van der Waals surface area contributed by atoms with Gasteiger partial charge in [-0.15, -0.1) is 0 Å². The molecule has 27 heavy (non-hydrogen) atoms. The molecule has 1 amide bonds. The largest absolute Gasteiger partial charge is 0.383 e. The Balaban J connectivity index is 1.71. The maximum atomic E-state index is 11.3. The molecular weight excluding hydrogens is 336 g/mol. The minimum atomic E-state index is -0.141. The minimum Gasteiger partial charge on any atom is -0.383 e. The summed E-state index contributed by atoms with van der Waals surface area (Å²) in [7, 11) is 0. The number of pyridine rings is 1. The summed E-state index contributed by atoms with van der Waals surface area (Å²) in [4.78, 5) is 15.5. The molecule has 0 unspecified atom stereocenters. The topological polar surface area (TPSA) is 80.0 Å². The molecule has 0 saturated heterocycles. The molecule has 0 radical (unpaired) electrons. The zero-order valence-corrected chi connectivity index (χ0v) is 15.4. The van der Waals surface area contributed by atoms with Gasteiger partial charge in [-0.3, -0.25) is 4.79 Å². The van der Waals surface area contributed by atoms with E-state index in [2.05, 4.69) is 27.8 Å². The summed E-state index contributed by atoms with van der Waals surface area (Å²) in [6, 6.07) is 22.1. The number of amides is 1. The van der Waals surface area contributed by atoms with Crippen LogP contribution in [0.15, 0.2) is 72.9 Å². The summed E-state index contributed by atoms with van der Waals surface area (Å²) in [5.41, 5.74) is 10.6. The highest BCUT2D eigenvalue weighted by atomic mass is 16.1. The van der Waals surface area contributed by atoms with Gasteiger partial charge in [-0.25, -0.2) is 4.98 Å². The van der Waals surface area contributed by atoms with E-state index in [-0.39, 0.29) is 11.9 Å². The van der Waals surface area contributed by atoms with Gasteiger partial charge >= 0.3 is 0 Å². The molecule has 1 aromatic heterocycles. The zero-order chi connectivity index (χ0) is 19.1. The number of nitrogens with zero attached hydrogens (tertiary/aromatic N) is 1. The van der Waals surface area contributed by atoms with Crippen molar-refractivity contribution in [2.45, 2.75) is 19.4 Å². The molecule has 3 aromatic rings. The molecule has 4 N–H and O–H groups in total. The second-order valence-electron chi connectivity index (χ2n) is 6.49. The summed E-state index contributed by atoms with van der Waals surface area (Å²) in [5.74, 6) is 0.397. The van der Waals surface area contributed by atoms with Crippen LogP contribution in [-0.4, -0.2) is 23.5 Å². The van der Waals surface area contributed by atoms with Crippen LogP contribution in [0.4, 0.5) is 11.5 Å². The average Bonchev–Trinajstić information content (AvgIpc) is 2.67. The van der Waals surface area contributed by atoms with Crippen molar-refractivity contribution in [3.05, 3.63) is 78.5 Å². The molecule has 2 aromatic carbocycles. The third kappa shape index (κ3) is 5.39. The molecular formula is C22H24N4O. The second-order valence-corrected chi connectivity index (χ2v) is 6.49. The molecule has 1 heterocycles. The van der Waals surface area contributed by atoms with Crippen LogP contribution in [0, 0.1) is 0 Å². The SMILES string of the molecule is CC(=O)Nc1cc(-c2ccccc2NC[C@@H](N)Cc2ccccc2)ccn1. The number of benzene rings is 2. The van der Waals surface area contributed by atoms with Gasteiger partial charge in [0, 0.05) is 37.0 Å². The molecule has 5 heteroatoms. The van der Waals surface area contributed by atoms with E-state index >= 15 is 0 Å². The first-order valence-electron chi connectivity index (χ1n) is 8.98. The molecule has 138 valence electrons. The Labute approximate surface area is 159 Å². The molecule has 0 aliphatic rings. The third-order valence-electron chi connectivity index (χ3n) is 4.20. The summed E-state index contributed by atoms with van der Waals surface area (Å²) in [5, 5.41) is 6.18. The highest BCUT2D eigenvalue weighted by Gasteiger charge is 2.09. The third-order valence-corrected chi connectivity index (χ3v) is 4.20. The molecule has 0 aliphatic carbocycles. The zero-order valence-electron chi connectivity index (χ0n) is 15.4. The van der Waals surface area contributed by atoms with Crippen LogP contribution in [0.1, 0.15) is 12.5 Å². The van der Waals surface area contributed by atoms with Crippen molar-refractivity contribution in [3.63, 3.8) is 0 Å². The number of nitrogens with two attached hydrogens (primary N) is 1. The van der Waals surface area contributed by atoms with Crippen molar-refractivity contribution in [1.82, 2.24) is 4.98 Å². The molecule has 5 nitrogen and oxygen atoms in total. The fourth-order valence-corrected chi connectivity index (χ4v) is 2.97. The number of carbonyl (C=O) groups is 1. The Morgan fingerprint density at radius 3 is 2.59 bits per heavy atom. The number of nitrogens with one attached hydrogen (secondary N) is 2. The number of para-hydroxylation sites is 1. The van der Waals surface area contributed by atoms with Crippen LogP contribution in [0.5, 0.6) is 0 Å². The van der Waals surface area contributed by atoms with Crippen LogP contribution < -0.4 is 16.4 Å². The van der Waals surface area contributed by atoms with Gasteiger partial charge in [-0.1, -0.05) is 48.5 Å². The molecule has 0 saturated carbocycles. The summed E-state index contributed by atoms with van der Waals surface area (Å²) in [6.07, 6.45) is 2.51. The molecule has 0 aliphatic heterocycles. The summed E-state index contributed by atoms with van der Waals surface area (Å²) < 4.78 is 0. The first-order valence-corrected chi connectivity index (χ1v) is 8.98. The van der Waals surface area contributed by atoms with Crippen LogP contribution in [0.3, 0.4) is 0 Å². The highest BCUT2D eigenvalue weighted by molar-refractivity contribution is 5.89. The van der Waals surface area contributed by atoms with E-state index in [0.29, 0.717) is 12.4 Å². The van der Waals surface area contributed by atoms with Crippen molar-refractivity contribution in [2.24, 2.45) is 5.73 Å². The van der Waals surface area contributed by atoms with Crippen molar-refractivity contribution in [1.29, 1.82) is 0 Å². The highest BCUT2D eigenvalue weighted by Crippen LogP contribution is 2.28. The number of carbonyl (C=O) groups excluding carboxylic acids is 1. The molecule has 1 atom stereocenters. The molecule has 3 rings (SSSR count).